The van der Waals surface area contributed by atoms with Crippen molar-refractivity contribution < 1.29 is 89.6 Å². The van der Waals surface area contributed by atoms with Crippen LogP contribution in [0.3, 0.4) is 0 Å². The summed E-state index contributed by atoms with van der Waals surface area (Å²) in [5, 5.41) is 112. The molecule has 0 unspecified atom stereocenters. The smallest absolute Gasteiger partial charge is 0.339 e. The van der Waals surface area contributed by atoms with Gasteiger partial charge in [-0.1, -0.05) is 0 Å². The average Bonchev–Trinajstić information content (AvgIpc) is 3.01. The number of esters is 3. The lowest BCUT2D eigenvalue weighted by atomic mass is 9.92. The Hall–Kier alpha value is -6.14. The van der Waals surface area contributed by atoms with Gasteiger partial charge in [0.15, 0.2) is 58.7 Å². The van der Waals surface area contributed by atoms with Gasteiger partial charge in [-0.3, -0.25) is 0 Å². The van der Waals surface area contributed by atoms with Crippen LogP contribution in [0.15, 0.2) is 24.3 Å². The number of hydrogen-bond acceptors (Lipinski definition) is 18. The van der Waals surface area contributed by atoms with Gasteiger partial charge in [-0.25, -0.2) is 14.4 Å². The van der Waals surface area contributed by atoms with Crippen molar-refractivity contribution >= 4 is 24.2 Å². The number of ether oxygens (including phenoxy) is 3. The number of rotatable bonds is 5. The second-order valence-electron chi connectivity index (χ2n) is 9.43. The first-order valence-corrected chi connectivity index (χ1v) is 12.3. The molecule has 0 saturated carbocycles. The van der Waals surface area contributed by atoms with Gasteiger partial charge in [0, 0.05) is 11.1 Å². The lowest BCUT2D eigenvalue weighted by Gasteiger charge is -2.31. The summed E-state index contributed by atoms with van der Waals surface area (Å²) in [7, 11) is 0. The zero-order valence-corrected chi connectivity index (χ0v) is 22.2. The lowest BCUT2D eigenvalue weighted by Crippen LogP contribution is -2.51. The molecule has 0 spiro atoms. The van der Waals surface area contributed by atoms with Crippen molar-refractivity contribution in [1.82, 2.24) is 0 Å². The first-order chi connectivity index (χ1) is 21.1. The highest BCUT2D eigenvalue weighted by atomic mass is 16.6. The topological polar surface area (TPSA) is 318 Å². The van der Waals surface area contributed by atoms with Gasteiger partial charge in [-0.2, -0.15) is 0 Å². The molecule has 0 bridgehead atoms. The normalized spacial score (nSPS) is 17.8. The quantitative estimate of drug-likeness (QED) is 0.0732. The molecule has 4 atom stereocenters. The van der Waals surface area contributed by atoms with Crippen LogP contribution >= 0.6 is 0 Å². The Kier molecular flexibility index (Phi) is 8.38. The molecule has 18 heteroatoms. The van der Waals surface area contributed by atoms with E-state index in [0.717, 1.165) is 0 Å². The van der Waals surface area contributed by atoms with Gasteiger partial charge >= 0.3 is 17.9 Å². The number of phenolic OH excluding ortho intramolecular Hbond substituents is 9. The Bertz CT molecular complexity index is 1710. The highest BCUT2D eigenvalue weighted by Gasteiger charge is 2.43. The number of fused-ring (bicyclic) bond motifs is 3. The van der Waals surface area contributed by atoms with Crippen LogP contribution in [-0.4, -0.2) is 111 Å². The molecule has 0 aromatic heterocycles. The maximum atomic E-state index is 13.5. The zero-order chi connectivity index (χ0) is 33.5. The molecule has 0 fully saturated rings. The summed E-state index contributed by atoms with van der Waals surface area (Å²) < 4.78 is 15.2. The second kappa shape index (κ2) is 11.9. The molecular formula is C27H22O18. The number of cyclic esters (lactones) is 2. The molecule has 1 aliphatic heterocycles. The van der Waals surface area contributed by atoms with Crippen molar-refractivity contribution in [2.24, 2.45) is 0 Å². The minimum Gasteiger partial charge on any atom is -0.504 e. The molecule has 0 saturated heterocycles. The van der Waals surface area contributed by atoms with E-state index in [1.54, 1.807) is 0 Å². The van der Waals surface area contributed by atoms with Gasteiger partial charge in [0.25, 0.3) is 0 Å². The van der Waals surface area contributed by atoms with Crippen LogP contribution < -0.4 is 0 Å². The predicted octanol–water partition coefficient (Wildman–Crippen LogP) is -0.454. The van der Waals surface area contributed by atoms with Crippen LogP contribution in [0.2, 0.25) is 0 Å². The largest absolute Gasteiger partial charge is 0.504 e. The fourth-order valence-electron chi connectivity index (χ4n) is 4.32. The maximum Gasteiger partial charge on any atom is 0.339 e. The highest BCUT2D eigenvalue weighted by molar-refractivity contribution is 6.08. The molecule has 45 heavy (non-hydrogen) atoms. The van der Waals surface area contributed by atoms with Crippen molar-refractivity contribution in [2.45, 2.75) is 24.4 Å². The Morgan fingerprint density at radius 1 is 0.756 bits per heavy atom. The van der Waals surface area contributed by atoms with Crippen molar-refractivity contribution in [1.29, 1.82) is 0 Å². The molecule has 18 nitrogen and oxygen atoms in total. The SMILES string of the molecule is O=C[C@H](O)[C@H](OC(=O)c1cc(O)c(O)c(O)c1)[C@@H]1OC(=O)c2cc(O)c(O)c(O)c2-c2c(cc(O)c(O)c2O)C(=O)OC[C@@H]1O. The molecule has 0 aliphatic carbocycles. The fraction of sp³-hybridized carbons (Fsp3) is 0.185. The average molecular weight is 634 g/mol. The third kappa shape index (κ3) is 5.65. The number of aliphatic hydroxyl groups is 2. The number of benzene rings is 3. The molecule has 238 valence electrons. The monoisotopic (exact) mass is 634 g/mol. The van der Waals surface area contributed by atoms with Gasteiger partial charge in [0.05, 0.1) is 16.7 Å². The van der Waals surface area contributed by atoms with Gasteiger partial charge in [-0.15, -0.1) is 0 Å². The Morgan fingerprint density at radius 3 is 1.71 bits per heavy atom. The van der Waals surface area contributed by atoms with E-state index in [9.17, 15) is 75.3 Å². The number of aldehydes is 1. The summed E-state index contributed by atoms with van der Waals surface area (Å²) in [6.45, 7) is -1.18. The molecule has 1 heterocycles. The minimum atomic E-state index is -2.40. The van der Waals surface area contributed by atoms with Crippen molar-refractivity contribution in [3.63, 3.8) is 0 Å². The maximum absolute atomic E-state index is 13.5. The van der Waals surface area contributed by atoms with Crippen LogP contribution in [0.1, 0.15) is 31.1 Å². The fourth-order valence-corrected chi connectivity index (χ4v) is 4.32. The standard InChI is InChI=1S/C27H22O18/c28-5-14(33)23(44-25(40)7-1-10(29)18(35)11(30)2-7)24-15(34)6-43-26(41)8-3-12(31)19(36)21(38)16(8)17-9(27(42)45-24)4-13(32)20(37)22(17)39/h1-5,14-15,23-24,29-39H,6H2/t14-,15-,23-,24+/m0/s1. The van der Waals surface area contributed by atoms with Crippen molar-refractivity contribution in [3.05, 3.63) is 41.0 Å². The molecule has 11 N–H and O–H groups in total. The number of aromatic hydroxyl groups is 9. The Labute approximate surface area is 249 Å². The van der Waals surface area contributed by atoms with E-state index in [1.807, 2.05) is 0 Å². The molecule has 3 aromatic rings. The van der Waals surface area contributed by atoms with E-state index in [1.165, 1.54) is 0 Å². The molecular weight excluding hydrogens is 612 g/mol. The van der Waals surface area contributed by atoms with Crippen molar-refractivity contribution in [3.8, 4) is 62.9 Å². The first-order valence-electron chi connectivity index (χ1n) is 12.3. The number of carbonyl (C=O) groups is 4. The summed E-state index contributed by atoms with van der Waals surface area (Å²) in [6, 6.07) is 2.18. The molecule has 0 radical (unpaired) electrons. The third-order valence-corrected chi connectivity index (χ3v) is 6.55. The van der Waals surface area contributed by atoms with E-state index in [0.29, 0.717) is 24.3 Å². The van der Waals surface area contributed by atoms with Crippen LogP contribution in [0.25, 0.3) is 11.1 Å². The summed E-state index contributed by atoms with van der Waals surface area (Å²) in [6.07, 6.45) is -9.60. The van der Waals surface area contributed by atoms with E-state index < -0.39 is 128 Å². The first kappa shape index (κ1) is 31.8. The highest BCUT2D eigenvalue weighted by Crippen LogP contribution is 2.52. The van der Waals surface area contributed by atoms with E-state index in [2.05, 4.69) is 0 Å². The molecule has 4 rings (SSSR count). The molecule has 1 aliphatic rings. The lowest BCUT2D eigenvalue weighted by molar-refractivity contribution is -0.140. The second-order valence-corrected chi connectivity index (χ2v) is 9.43. The van der Waals surface area contributed by atoms with Gasteiger partial charge < -0.3 is 75.2 Å². The molecule has 0 amide bonds. The Balaban J connectivity index is 1.90. The Morgan fingerprint density at radius 2 is 1.22 bits per heavy atom. The summed E-state index contributed by atoms with van der Waals surface area (Å²) in [4.78, 5) is 51.0. The number of phenols is 9. The summed E-state index contributed by atoms with van der Waals surface area (Å²) in [5.74, 6) is -15.3. The number of carbonyl (C=O) groups excluding carboxylic acids is 4. The van der Waals surface area contributed by atoms with E-state index in [4.69, 9.17) is 14.2 Å². The number of aliphatic hydroxyl groups excluding tert-OH is 2. The van der Waals surface area contributed by atoms with Crippen LogP contribution in [-0.2, 0) is 19.0 Å². The van der Waals surface area contributed by atoms with Gasteiger partial charge in [-0.05, 0) is 24.3 Å². The van der Waals surface area contributed by atoms with Crippen molar-refractivity contribution in [2.75, 3.05) is 6.61 Å². The molecule has 3 aromatic carbocycles. The van der Waals surface area contributed by atoms with E-state index in [-0.39, 0.29) is 6.29 Å². The van der Waals surface area contributed by atoms with Crippen LogP contribution in [0.4, 0.5) is 0 Å². The minimum absolute atomic E-state index is 0.218. The van der Waals surface area contributed by atoms with Crippen LogP contribution in [0, 0.1) is 0 Å². The third-order valence-electron chi connectivity index (χ3n) is 6.55. The summed E-state index contributed by atoms with van der Waals surface area (Å²) >= 11 is 0. The number of hydrogen-bond donors (Lipinski definition) is 11. The van der Waals surface area contributed by atoms with Gasteiger partial charge in [0.2, 0.25) is 11.5 Å². The summed E-state index contributed by atoms with van der Waals surface area (Å²) in [5.41, 5.74) is -4.49. The van der Waals surface area contributed by atoms with Gasteiger partial charge in [0.1, 0.15) is 18.8 Å². The predicted molar refractivity (Wildman–Crippen MR) is 140 cm³/mol. The van der Waals surface area contributed by atoms with Crippen LogP contribution in [0.5, 0.6) is 51.7 Å². The van der Waals surface area contributed by atoms with E-state index >= 15 is 0 Å². The zero-order valence-electron chi connectivity index (χ0n) is 22.2.